The number of hydrogen-bond donors (Lipinski definition) is 2. The number of hydrogen-bond acceptors (Lipinski definition) is 3. The Morgan fingerprint density at radius 1 is 1.26 bits per heavy atom. The number of ether oxygens (including phenoxy) is 1. The highest BCUT2D eigenvalue weighted by molar-refractivity contribution is 14.0. The lowest BCUT2D eigenvalue weighted by molar-refractivity contribution is 0.105. The first-order chi connectivity index (χ1) is 12.5. The fraction of sp³-hybridized carbons (Fsp3) is 0.800. The van der Waals surface area contributed by atoms with E-state index in [1.807, 2.05) is 18.8 Å². The van der Waals surface area contributed by atoms with E-state index in [9.17, 15) is 0 Å². The van der Waals surface area contributed by atoms with Crippen LogP contribution in [0.15, 0.2) is 4.99 Å². The van der Waals surface area contributed by atoms with Gasteiger partial charge in [0.05, 0.1) is 5.69 Å². The Labute approximate surface area is 181 Å². The first-order valence-electron chi connectivity index (χ1n) is 10.0. The molecule has 0 saturated heterocycles. The molecule has 27 heavy (non-hydrogen) atoms. The predicted octanol–water partition coefficient (Wildman–Crippen LogP) is 3.35. The highest BCUT2D eigenvalue weighted by Crippen LogP contribution is 2.40. The lowest BCUT2D eigenvalue weighted by Crippen LogP contribution is -2.44. The van der Waals surface area contributed by atoms with Crippen LogP contribution in [0, 0.1) is 19.3 Å². The van der Waals surface area contributed by atoms with E-state index in [1.54, 1.807) is 0 Å². The number of guanidine groups is 1. The third-order valence-electron chi connectivity index (χ3n) is 5.83. The van der Waals surface area contributed by atoms with Crippen molar-refractivity contribution in [3.8, 4) is 0 Å². The highest BCUT2D eigenvalue weighted by atomic mass is 127. The lowest BCUT2D eigenvalue weighted by atomic mass is 9.83. The minimum absolute atomic E-state index is 0. The van der Waals surface area contributed by atoms with E-state index in [1.165, 1.54) is 36.9 Å². The molecule has 1 aromatic heterocycles. The average Bonchev–Trinajstić information content (AvgIpc) is 3.18. The molecule has 0 atom stereocenters. The molecule has 1 aliphatic rings. The molecule has 6 nitrogen and oxygen atoms in total. The van der Waals surface area contributed by atoms with Gasteiger partial charge in [-0.05, 0) is 57.4 Å². The van der Waals surface area contributed by atoms with Gasteiger partial charge in [-0.2, -0.15) is 5.10 Å². The topological polar surface area (TPSA) is 63.5 Å². The summed E-state index contributed by atoms with van der Waals surface area (Å²) in [4.78, 5) is 4.40. The van der Waals surface area contributed by atoms with E-state index < -0.39 is 0 Å². The first-order valence-corrected chi connectivity index (χ1v) is 10.0. The molecule has 7 heteroatoms. The van der Waals surface area contributed by atoms with E-state index in [2.05, 4.69) is 41.5 Å². The summed E-state index contributed by atoms with van der Waals surface area (Å²) in [6.07, 6.45) is 7.34. The standard InChI is InChI=1S/C20H37N5O.HI/c1-6-26-14-12-20(10-7-8-11-20)15-23-19(21-4)22-13-9-18-16(2)24-25(5)17(18)3;/h6-15H2,1-5H3,(H2,21,22,23);1H. The van der Waals surface area contributed by atoms with Crippen molar-refractivity contribution in [3.05, 3.63) is 17.0 Å². The second-order valence-corrected chi connectivity index (χ2v) is 7.53. The van der Waals surface area contributed by atoms with Gasteiger partial charge in [0.2, 0.25) is 0 Å². The number of nitrogens with zero attached hydrogens (tertiary/aromatic N) is 3. The maximum absolute atomic E-state index is 5.61. The van der Waals surface area contributed by atoms with Crippen molar-refractivity contribution in [2.24, 2.45) is 17.5 Å². The molecule has 0 aromatic carbocycles. The zero-order valence-corrected chi connectivity index (χ0v) is 20.1. The van der Waals surface area contributed by atoms with Crippen LogP contribution < -0.4 is 10.6 Å². The van der Waals surface area contributed by atoms with E-state index in [4.69, 9.17) is 4.74 Å². The van der Waals surface area contributed by atoms with Crippen LogP contribution in [0.4, 0.5) is 0 Å². The van der Waals surface area contributed by atoms with Crippen molar-refractivity contribution >= 4 is 29.9 Å². The fourth-order valence-corrected chi connectivity index (χ4v) is 4.05. The molecular formula is C20H38IN5O. The quantitative estimate of drug-likeness (QED) is 0.241. The van der Waals surface area contributed by atoms with E-state index in [0.717, 1.165) is 50.8 Å². The van der Waals surface area contributed by atoms with Crippen molar-refractivity contribution in [2.75, 3.05) is 33.4 Å². The molecule has 156 valence electrons. The predicted molar refractivity (Wildman–Crippen MR) is 123 cm³/mol. The molecule has 2 N–H and O–H groups in total. The first kappa shape index (κ1) is 24.2. The molecule has 1 fully saturated rings. The maximum atomic E-state index is 5.61. The molecule has 0 radical (unpaired) electrons. The van der Waals surface area contributed by atoms with Gasteiger partial charge in [-0.15, -0.1) is 24.0 Å². The Morgan fingerprint density at radius 3 is 2.52 bits per heavy atom. The summed E-state index contributed by atoms with van der Waals surface area (Å²) < 4.78 is 7.57. The SMILES string of the molecule is CCOCCC1(CNC(=NC)NCCc2c(C)nn(C)c2C)CCCC1.I. The van der Waals surface area contributed by atoms with Crippen LogP contribution in [-0.2, 0) is 18.2 Å². The molecule has 0 amide bonds. The van der Waals surface area contributed by atoms with E-state index >= 15 is 0 Å². The summed E-state index contributed by atoms with van der Waals surface area (Å²) in [5.41, 5.74) is 4.06. The second kappa shape index (κ2) is 11.9. The van der Waals surface area contributed by atoms with Gasteiger partial charge in [-0.3, -0.25) is 9.67 Å². The van der Waals surface area contributed by atoms with E-state index in [0.29, 0.717) is 5.41 Å². The molecule has 2 rings (SSSR count). The second-order valence-electron chi connectivity index (χ2n) is 7.53. The molecule has 1 saturated carbocycles. The zero-order valence-electron chi connectivity index (χ0n) is 17.7. The van der Waals surface area contributed by atoms with Crippen molar-refractivity contribution < 1.29 is 4.74 Å². The lowest BCUT2D eigenvalue weighted by Gasteiger charge is -2.30. The van der Waals surface area contributed by atoms with Crippen LogP contribution in [0.5, 0.6) is 0 Å². The number of rotatable bonds is 9. The molecule has 1 aliphatic carbocycles. The van der Waals surface area contributed by atoms with Gasteiger partial charge in [0.15, 0.2) is 5.96 Å². The monoisotopic (exact) mass is 491 g/mol. The van der Waals surface area contributed by atoms with Crippen LogP contribution in [0.25, 0.3) is 0 Å². The Bertz CT molecular complexity index is 593. The highest BCUT2D eigenvalue weighted by Gasteiger charge is 2.33. The Hall–Kier alpha value is -0.830. The summed E-state index contributed by atoms with van der Waals surface area (Å²) in [5, 5.41) is 11.5. The van der Waals surface area contributed by atoms with Crippen LogP contribution >= 0.6 is 24.0 Å². The number of aliphatic imine (C=N–C) groups is 1. The summed E-state index contributed by atoms with van der Waals surface area (Å²) in [6.45, 7) is 9.78. The molecule has 1 aromatic rings. The number of aryl methyl sites for hydroxylation is 2. The van der Waals surface area contributed by atoms with Crippen LogP contribution in [0.1, 0.15) is 56.0 Å². The van der Waals surface area contributed by atoms with Gasteiger partial charge in [-0.1, -0.05) is 12.8 Å². The maximum Gasteiger partial charge on any atom is 0.191 e. The fourth-order valence-electron chi connectivity index (χ4n) is 4.05. The minimum atomic E-state index is 0. The Kier molecular flexibility index (Phi) is 10.7. The third-order valence-corrected chi connectivity index (χ3v) is 5.83. The normalized spacial score (nSPS) is 16.3. The summed E-state index contributed by atoms with van der Waals surface area (Å²) >= 11 is 0. The smallest absolute Gasteiger partial charge is 0.191 e. The average molecular weight is 491 g/mol. The van der Waals surface area contributed by atoms with Gasteiger partial charge in [0.25, 0.3) is 0 Å². The third kappa shape index (κ3) is 6.93. The van der Waals surface area contributed by atoms with Gasteiger partial charge >= 0.3 is 0 Å². The van der Waals surface area contributed by atoms with Crippen LogP contribution in [-0.4, -0.2) is 49.1 Å². The molecular weight excluding hydrogens is 453 g/mol. The van der Waals surface area contributed by atoms with Crippen LogP contribution in [0.2, 0.25) is 0 Å². The van der Waals surface area contributed by atoms with Gasteiger partial charge in [-0.25, -0.2) is 0 Å². The Balaban J connectivity index is 0.00000364. The minimum Gasteiger partial charge on any atom is -0.382 e. The van der Waals surface area contributed by atoms with E-state index in [-0.39, 0.29) is 24.0 Å². The van der Waals surface area contributed by atoms with Gasteiger partial charge in [0.1, 0.15) is 0 Å². The number of nitrogens with one attached hydrogen (secondary N) is 2. The molecule has 1 heterocycles. The van der Waals surface area contributed by atoms with Crippen molar-refractivity contribution in [1.29, 1.82) is 0 Å². The summed E-state index contributed by atoms with van der Waals surface area (Å²) in [5.74, 6) is 0.895. The molecule has 0 spiro atoms. The molecule has 0 aliphatic heterocycles. The number of aromatic nitrogens is 2. The zero-order chi connectivity index (χ0) is 19.0. The van der Waals surface area contributed by atoms with Gasteiger partial charge in [0, 0.05) is 46.1 Å². The largest absolute Gasteiger partial charge is 0.382 e. The van der Waals surface area contributed by atoms with Crippen LogP contribution in [0.3, 0.4) is 0 Å². The Morgan fingerprint density at radius 2 is 1.96 bits per heavy atom. The van der Waals surface area contributed by atoms with Crippen molar-refractivity contribution in [1.82, 2.24) is 20.4 Å². The van der Waals surface area contributed by atoms with Crippen molar-refractivity contribution in [3.63, 3.8) is 0 Å². The van der Waals surface area contributed by atoms with Crippen molar-refractivity contribution in [2.45, 2.75) is 59.3 Å². The summed E-state index contributed by atoms with van der Waals surface area (Å²) in [6, 6.07) is 0. The number of halogens is 1. The molecule has 0 unspecified atom stereocenters. The summed E-state index contributed by atoms with van der Waals surface area (Å²) in [7, 11) is 3.85. The van der Waals surface area contributed by atoms with Gasteiger partial charge < -0.3 is 15.4 Å². The molecule has 0 bridgehead atoms.